The van der Waals surface area contributed by atoms with Crippen LogP contribution in [0.15, 0.2) is 27.0 Å². The Morgan fingerprint density at radius 3 is 3.00 bits per heavy atom. The minimum absolute atomic E-state index is 0.455. The van der Waals surface area contributed by atoms with Gasteiger partial charge in [-0.1, -0.05) is 11.2 Å². The highest BCUT2D eigenvalue weighted by Gasteiger charge is 2.07. The van der Waals surface area contributed by atoms with Gasteiger partial charge in [0.25, 0.3) is 0 Å². The Morgan fingerprint density at radius 1 is 1.53 bits per heavy atom. The molecule has 0 aromatic carbocycles. The van der Waals surface area contributed by atoms with Crippen molar-refractivity contribution in [3.05, 3.63) is 39.4 Å². The molecule has 0 saturated heterocycles. The third-order valence-corrected chi connectivity index (χ3v) is 3.78. The van der Waals surface area contributed by atoms with Crippen LogP contribution in [-0.2, 0) is 13.0 Å². The van der Waals surface area contributed by atoms with E-state index in [1.54, 1.807) is 11.3 Å². The number of aromatic nitrogens is 1. The molecular formula is C13H18N4OS. The number of guanidine groups is 1. The molecule has 0 bridgehead atoms. The van der Waals surface area contributed by atoms with Crippen LogP contribution in [0.4, 0.5) is 0 Å². The number of nitrogens with zero attached hydrogens (tertiary/aromatic N) is 2. The lowest BCUT2D eigenvalue weighted by molar-refractivity contribution is 0.392. The molecule has 2 aromatic rings. The van der Waals surface area contributed by atoms with Crippen LogP contribution in [0.25, 0.3) is 0 Å². The molecular weight excluding hydrogens is 260 g/mol. The van der Waals surface area contributed by atoms with Crippen molar-refractivity contribution in [3.8, 4) is 0 Å². The van der Waals surface area contributed by atoms with Gasteiger partial charge >= 0.3 is 0 Å². The van der Waals surface area contributed by atoms with Crippen molar-refractivity contribution in [2.45, 2.75) is 26.8 Å². The van der Waals surface area contributed by atoms with E-state index in [9.17, 15) is 0 Å². The van der Waals surface area contributed by atoms with Crippen LogP contribution in [0.5, 0.6) is 0 Å². The third kappa shape index (κ3) is 3.82. The maximum absolute atomic E-state index is 5.82. The van der Waals surface area contributed by atoms with E-state index >= 15 is 0 Å². The summed E-state index contributed by atoms with van der Waals surface area (Å²) in [6, 6.07) is 4.17. The summed E-state index contributed by atoms with van der Waals surface area (Å²) < 4.78 is 5.08. The fourth-order valence-corrected chi connectivity index (χ4v) is 2.43. The quantitative estimate of drug-likeness (QED) is 0.648. The summed E-state index contributed by atoms with van der Waals surface area (Å²) in [5.41, 5.74) is 7.69. The molecule has 0 spiro atoms. The van der Waals surface area contributed by atoms with Gasteiger partial charge in [0.2, 0.25) is 0 Å². The van der Waals surface area contributed by atoms with Crippen molar-refractivity contribution in [2.24, 2.45) is 10.7 Å². The van der Waals surface area contributed by atoms with E-state index in [2.05, 4.69) is 33.0 Å². The standard InChI is InChI=1S/C13H18N4OS/c1-9-12(10(2)18-17-9)8-16-13(14)15-6-5-11-4-3-7-19-11/h3-4,7H,5-6,8H2,1-2H3,(H3,14,15,16). The molecule has 0 atom stereocenters. The van der Waals surface area contributed by atoms with Gasteiger partial charge in [0.05, 0.1) is 12.2 Å². The van der Waals surface area contributed by atoms with Crippen molar-refractivity contribution < 1.29 is 4.52 Å². The first-order valence-corrected chi connectivity index (χ1v) is 7.02. The summed E-state index contributed by atoms with van der Waals surface area (Å²) in [5.74, 6) is 1.25. The Kier molecular flexibility index (Phi) is 4.57. The van der Waals surface area contributed by atoms with Crippen LogP contribution in [0.3, 0.4) is 0 Å². The molecule has 0 aliphatic carbocycles. The molecule has 0 aliphatic rings. The Labute approximate surface area is 116 Å². The Morgan fingerprint density at radius 2 is 2.37 bits per heavy atom. The molecule has 0 radical (unpaired) electrons. The largest absolute Gasteiger partial charge is 0.370 e. The predicted octanol–water partition coefficient (Wildman–Crippen LogP) is 2.00. The smallest absolute Gasteiger partial charge is 0.188 e. The number of aryl methyl sites for hydroxylation is 2. The number of nitrogens with one attached hydrogen (secondary N) is 1. The predicted molar refractivity (Wildman–Crippen MR) is 77.3 cm³/mol. The Balaban J connectivity index is 1.79. The highest BCUT2D eigenvalue weighted by Crippen LogP contribution is 2.12. The second-order valence-electron chi connectivity index (χ2n) is 4.26. The van der Waals surface area contributed by atoms with Crippen molar-refractivity contribution in [3.63, 3.8) is 0 Å². The van der Waals surface area contributed by atoms with E-state index in [0.29, 0.717) is 12.5 Å². The van der Waals surface area contributed by atoms with Gasteiger partial charge in [0.15, 0.2) is 5.96 Å². The molecule has 2 heterocycles. The van der Waals surface area contributed by atoms with Crippen LogP contribution >= 0.6 is 11.3 Å². The van der Waals surface area contributed by atoms with Crippen molar-refractivity contribution in [1.29, 1.82) is 0 Å². The minimum Gasteiger partial charge on any atom is -0.370 e. The second kappa shape index (κ2) is 6.38. The SMILES string of the molecule is Cc1noc(C)c1CN=C(N)NCCc1cccs1. The highest BCUT2D eigenvalue weighted by atomic mass is 32.1. The maximum Gasteiger partial charge on any atom is 0.188 e. The van der Waals surface area contributed by atoms with Crippen LogP contribution < -0.4 is 11.1 Å². The van der Waals surface area contributed by atoms with E-state index in [4.69, 9.17) is 10.3 Å². The normalized spacial score (nSPS) is 11.8. The van der Waals surface area contributed by atoms with Gasteiger partial charge in [-0.25, -0.2) is 4.99 Å². The van der Waals surface area contributed by atoms with Gasteiger partial charge in [-0.2, -0.15) is 0 Å². The molecule has 0 unspecified atom stereocenters. The van der Waals surface area contributed by atoms with Crippen molar-refractivity contribution in [1.82, 2.24) is 10.5 Å². The van der Waals surface area contributed by atoms with Gasteiger partial charge in [-0.15, -0.1) is 11.3 Å². The lowest BCUT2D eigenvalue weighted by Crippen LogP contribution is -2.33. The van der Waals surface area contributed by atoms with E-state index < -0.39 is 0 Å². The van der Waals surface area contributed by atoms with Crippen molar-refractivity contribution in [2.75, 3.05) is 6.54 Å². The number of hydrogen-bond acceptors (Lipinski definition) is 4. The summed E-state index contributed by atoms with van der Waals surface area (Å²) in [6.07, 6.45) is 0.958. The monoisotopic (exact) mass is 278 g/mol. The molecule has 2 rings (SSSR count). The first-order valence-electron chi connectivity index (χ1n) is 6.14. The number of nitrogens with two attached hydrogens (primary N) is 1. The molecule has 0 amide bonds. The highest BCUT2D eigenvalue weighted by molar-refractivity contribution is 7.09. The molecule has 19 heavy (non-hydrogen) atoms. The molecule has 5 nitrogen and oxygen atoms in total. The van der Waals surface area contributed by atoms with E-state index in [1.807, 2.05) is 13.8 Å². The zero-order valence-corrected chi connectivity index (χ0v) is 12.0. The Bertz CT molecular complexity index is 525. The maximum atomic E-state index is 5.82. The second-order valence-corrected chi connectivity index (χ2v) is 5.29. The molecule has 3 N–H and O–H groups in total. The molecule has 0 fully saturated rings. The Hall–Kier alpha value is -1.82. The molecule has 0 aliphatic heterocycles. The zero-order chi connectivity index (χ0) is 13.7. The van der Waals surface area contributed by atoms with Crippen molar-refractivity contribution >= 4 is 17.3 Å². The number of rotatable bonds is 5. The fraction of sp³-hybridized carbons (Fsp3) is 0.385. The molecule has 0 saturated carbocycles. The van der Waals surface area contributed by atoms with Gasteiger partial charge in [-0.3, -0.25) is 0 Å². The summed E-state index contributed by atoms with van der Waals surface area (Å²) >= 11 is 1.75. The lowest BCUT2D eigenvalue weighted by atomic mass is 10.2. The van der Waals surface area contributed by atoms with E-state index in [0.717, 1.165) is 30.0 Å². The average Bonchev–Trinajstić information content (AvgIpc) is 2.99. The molecule has 6 heteroatoms. The van der Waals surface area contributed by atoms with Crippen LogP contribution in [0, 0.1) is 13.8 Å². The summed E-state index contributed by atoms with van der Waals surface area (Å²) in [5, 5.41) is 9.07. The number of thiophene rings is 1. The van der Waals surface area contributed by atoms with Gasteiger partial charge in [-0.05, 0) is 31.7 Å². The summed E-state index contributed by atoms with van der Waals surface area (Å²) in [6.45, 7) is 5.07. The van der Waals surface area contributed by atoms with Gasteiger partial charge in [0.1, 0.15) is 5.76 Å². The van der Waals surface area contributed by atoms with Crippen LogP contribution in [0.1, 0.15) is 21.9 Å². The van der Waals surface area contributed by atoms with E-state index in [-0.39, 0.29) is 0 Å². The first kappa shape index (κ1) is 13.6. The summed E-state index contributed by atoms with van der Waals surface area (Å²) in [7, 11) is 0. The average molecular weight is 278 g/mol. The van der Waals surface area contributed by atoms with E-state index in [1.165, 1.54) is 4.88 Å². The van der Waals surface area contributed by atoms with Crippen LogP contribution in [-0.4, -0.2) is 17.7 Å². The third-order valence-electron chi connectivity index (χ3n) is 2.85. The lowest BCUT2D eigenvalue weighted by Gasteiger charge is -2.04. The topological polar surface area (TPSA) is 76.4 Å². The fourth-order valence-electron chi connectivity index (χ4n) is 1.72. The summed E-state index contributed by atoms with van der Waals surface area (Å²) in [4.78, 5) is 5.63. The van der Waals surface area contributed by atoms with Gasteiger partial charge in [0, 0.05) is 17.0 Å². The zero-order valence-electron chi connectivity index (χ0n) is 11.1. The minimum atomic E-state index is 0.455. The molecule has 2 aromatic heterocycles. The number of hydrogen-bond donors (Lipinski definition) is 2. The first-order chi connectivity index (χ1) is 9.16. The molecule has 102 valence electrons. The van der Waals surface area contributed by atoms with Gasteiger partial charge < -0.3 is 15.6 Å². The number of aliphatic imine (C=N–C) groups is 1. The van der Waals surface area contributed by atoms with Crippen LogP contribution in [0.2, 0.25) is 0 Å².